The summed E-state index contributed by atoms with van der Waals surface area (Å²) in [4.78, 5) is 20.1. The van der Waals surface area contributed by atoms with Crippen LogP contribution in [0.25, 0.3) is 32.7 Å². The average molecular weight is 534 g/mol. The number of fused-ring (bicyclic) bond motifs is 7. The second kappa shape index (κ2) is 10.8. The molecule has 1 amide bonds. The molecule has 1 aliphatic rings. The third-order valence-electron chi connectivity index (χ3n) is 7.78. The lowest BCUT2D eigenvalue weighted by atomic mass is 9.88. The number of amides is 1. The van der Waals surface area contributed by atoms with Crippen LogP contribution in [-0.2, 0) is 19.6 Å². The number of halogens is 1. The van der Waals surface area contributed by atoms with Crippen LogP contribution in [0.3, 0.4) is 0 Å². The Labute approximate surface area is 234 Å². The molecule has 39 heavy (non-hydrogen) atoms. The fourth-order valence-corrected chi connectivity index (χ4v) is 6.12. The molecule has 0 spiro atoms. The van der Waals surface area contributed by atoms with Gasteiger partial charge in [0.05, 0.1) is 5.69 Å². The second-order valence-corrected chi connectivity index (χ2v) is 11.1. The second-order valence-electron chi connectivity index (χ2n) is 10.8. The molecule has 5 heteroatoms. The Morgan fingerprint density at radius 1 is 0.821 bits per heavy atom. The maximum absolute atomic E-state index is 12.9. The first-order chi connectivity index (χ1) is 19.0. The predicted molar refractivity (Wildman–Crippen MR) is 161 cm³/mol. The first-order valence-electron chi connectivity index (χ1n) is 13.6. The van der Waals surface area contributed by atoms with Crippen LogP contribution >= 0.6 is 11.6 Å². The standard InChI is InChI=1S/C34H32ClN3O/c1-22(2)31(18-35)37-34(39)30-13-7-10-27(36-30)21-38-19-25-16-14-23-8-3-5-11-28(23)32(25)33-26(20-38)17-15-24-9-4-6-12-29(24)33/h3-17,22,31H,18-21H2,1-2H3,(H,37,39)/t31-/m1/s1. The number of benzene rings is 4. The highest BCUT2D eigenvalue weighted by Crippen LogP contribution is 2.42. The lowest BCUT2D eigenvalue weighted by molar-refractivity contribution is 0.0925. The summed E-state index contributed by atoms with van der Waals surface area (Å²) in [5.41, 5.74) is 6.56. The van der Waals surface area contributed by atoms with Crippen molar-refractivity contribution in [3.8, 4) is 11.1 Å². The van der Waals surface area contributed by atoms with Crippen LogP contribution in [0.2, 0.25) is 0 Å². The zero-order valence-corrected chi connectivity index (χ0v) is 23.1. The minimum Gasteiger partial charge on any atom is -0.347 e. The van der Waals surface area contributed by atoms with Gasteiger partial charge >= 0.3 is 0 Å². The van der Waals surface area contributed by atoms with Crippen LogP contribution in [0.4, 0.5) is 0 Å². The molecule has 0 radical (unpaired) electrons. The fraction of sp³-hybridized carbons (Fsp3) is 0.235. The molecular formula is C34H32ClN3O. The van der Waals surface area contributed by atoms with Crippen molar-refractivity contribution in [3.63, 3.8) is 0 Å². The largest absolute Gasteiger partial charge is 0.347 e. The van der Waals surface area contributed by atoms with E-state index in [4.69, 9.17) is 16.6 Å². The van der Waals surface area contributed by atoms with E-state index in [1.165, 1.54) is 43.8 Å². The quantitative estimate of drug-likeness (QED) is 0.229. The summed E-state index contributed by atoms with van der Waals surface area (Å²) >= 11 is 6.08. The topological polar surface area (TPSA) is 45.2 Å². The molecule has 4 aromatic carbocycles. The van der Waals surface area contributed by atoms with Gasteiger partial charge in [-0.3, -0.25) is 9.69 Å². The molecule has 0 aliphatic carbocycles. The molecule has 1 aliphatic heterocycles. The van der Waals surface area contributed by atoms with Gasteiger partial charge in [0.25, 0.3) is 5.91 Å². The van der Waals surface area contributed by atoms with Crippen molar-refractivity contribution in [2.75, 3.05) is 5.88 Å². The SMILES string of the molecule is CC(C)[C@@H](CCl)NC(=O)c1cccc(CN2Cc3ccc4ccccc4c3-c3c(ccc4ccccc34)C2)n1. The molecule has 0 unspecified atom stereocenters. The Morgan fingerprint density at radius 2 is 1.41 bits per heavy atom. The Bertz CT molecular complexity index is 1590. The number of pyridine rings is 1. The number of nitrogens with zero attached hydrogens (tertiary/aromatic N) is 2. The van der Waals surface area contributed by atoms with E-state index < -0.39 is 0 Å². The van der Waals surface area contributed by atoms with E-state index in [2.05, 4.69) is 96.9 Å². The van der Waals surface area contributed by atoms with Crippen molar-refractivity contribution in [2.45, 2.75) is 39.5 Å². The number of alkyl halides is 1. The molecule has 5 aromatic rings. The molecule has 0 fully saturated rings. The van der Waals surface area contributed by atoms with Crippen molar-refractivity contribution < 1.29 is 4.79 Å². The summed E-state index contributed by atoms with van der Waals surface area (Å²) in [6.45, 7) is 6.34. The number of carbonyl (C=O) groups excluding carboxylic acids is 1. The van der Waals surface area contributed by atoms with E-state index in [0.29, 0.717) is 18.1 Å². The van der Waals surface area contributed by atoms with Gasteiger partial charge < -0.3 is 5.32 Å². The monoisotopic (exact) mass is 533 g/mol. The summed E-state index contributed by atoms with van der Waals surface area (Å²) in [7, 11) is 0. The van der Waals surface area contributed by atoms with Gasteiger partial charge in [0, 0.05) is 31.6 Å². The normalized spacial score (nSPS) is 14.2. The van der Waals surface area contributed by atoms with Gasteiger partial charge in [-0.1, -0.05) is 92.7 Å². The highest BCUT2D eigenvalue weighted by Gasteiger charge is 2.24. The smallest absolute Gasteiger partial charge is 0.270 e. The lowest BCUT2D eigenvalue weighted by Crippen LogP contribution is -2.40. The Morgan fingerprint density at radius 3 is 1.97 bits per heavy atom. The third kappa shape index (κ3) is 5.03. The van der Waals surface area contributed by atoms with E-state index in [1.54, 1.807) is 6.07 Å². The van der Waals surface area contributed by atoms with Gasteiger partial charge in [-0.2, -0.15) is 0 Å². The molecule has 0 saturated carbocycles. The molecular weight excluding hydrogens is 502 g/mol. The van der Waals surface area contributed by atoms with E-state index in [9.17, 15) is 4.79 Å². The van der Waals surface area contributed by atoms with E-state index in [-0.39, 0.29) is 17.9 Å². The molecule has 6 rings (SSSR count). The zero-order valence-electron chi connectivity index (χ0n) is 22.3. The number of hydrogen-bond donors (Lipinski definition) is 1. The predicted octanol–water partition coefficient (Wildman–Crippen LogP) is 7.56. The number of carbonyl (C=O) groups is 1. The Balaban J connectivity index is 1.39. The van der Waals surface area contributed by atoms with Gasteiger partial charge in [-0.15, -0.1) is 11.6 Å². The van der Waals surface area contributed by atoms with Crippen molar-refractivity contribution in [2.24, 2.45) is 5.92 Å². The first kappa shape index (κ1) is 25.5. The maximum atomic E-state index is 12.9. The molecule has 2 heterocycles. The highest BCUT2D eigenvalue weighted by atomic mass is 35.5. The minimum absolute atomic E-state index is 0.0899. The zero-order chi connectivity index (χ0) is 26.9. The molecule has 1 aromatic heterocycles. The minimum atomic E-state index is -0.180. The summed E-state index contributed by atoms with van der Waals surface area (Å²) in [5, 5.41) is 8.10. The summed E-state index contributed by atoms with van der Waals surface area (Å²) in [5.74, 6) is 0.443. The number of aromatic nitrogens is 1. The number of rotatable bonds is 6. The Kier molecular flexibility index (Phi) is 7.07. The van der Waals surface area contributed by atoms with Crippen molar-refractivity contribution in [1.29, 1.82) is 0 Å². The van der Waals surface area contributed by atoms with Crippen LogP contribution in [-0.4, -0.2) is 27.7 Å². The van der Waals surface area contributed by atoms with Crippen LogP contribution in [0.1, 0.15) is 41.2 Å². The highest BCUT2D eigenvalue weighted by molar-refractivity contribution is 6.18. The van der Waals surface area contributed by atoms with Gasteiger partial charge in [-0.05, 0) is 61.8 Å². The molecule has 1 atom stereocenters. The maximum Gasteiger partial charge on any atom is 0.270 e. The van der Waals surface area contributed by atoms with Crippen LogP contribution in [0, 0.1) is 5.92 Å². The molecule has 0 saturated heterocycles. The average Bonchev–Trinajstić information content (AvgIpc) is 3.12. The van der Waals surface area contributed by atoms with Crippen LogP contribution in [0.5, 0.6) is 0 Å². The molecule has 0 bridgehead atoms. The Hall–Kier alpha value is -3.73. The fourth-order valence-electron chi connectivity index (χ4n) is 5.69. The van der Waals surface area contributed by atoms with Gasteiger partial charge in [0.2, 0.25) is 0 Å². The number of nitrogens with one attached hydrogen (secondary N) is 1. The van der Waals surface area contributed by atoms with Crippen molar-refractivity contribution in [1.82, 2.24) is 15.2 Å². The van der Waals surface area contributed by atoms with E-state index in [0.717, 1.165) is 18.8 Å². The third-order valence-corrected chi connectivity index (χ3v) is 8.11. The summed E-state index contributed by atoms with van der Waals surface area (Å²) in [6.07, 6.45) is 0. The van der Waals surface area contributed by atoms with Crippen LogP contribution < -0.4 is 5.32 Å². The van der Waals surface area contributed by atoms with Gasteiger partial charge in [0.15, 0.2) is 0 Å². The van der Waals surface area contributed by atoms with Crippen molar-refractivity contribution >= 4 is 39.1 Å². The number of hydrogen-bond acceptors (Lipinski definition) is 3. The van der Waals surface area contributed by atoms with Gasteiger partial charge in [-0.25, -0.2) is 4.98 Å². The summed E-state index contributed by atoms with van der Waals surface area (Å²) < 4.78 is 0. The first-order valence-corrected chi connectivity index (χ1v) is 14.1. The van der Waals surface area contributed by atoms with Crippen LogP contribution in [0.15, 0.2) is 91.0 Å². The van der Waals surface area contributed by atoms with Crippen molar-refractivity contribution in [3.05, 3.63) is 114 Å². The summed E-state index contributed by atoms with van der Waals surface area (Å²) in [6, 6.07) is 32.0. The molecule has 196 valence electrons. The van der Waals surface area contributed by atoms with E-state index in [1.807, 2.05) is 12.1 Å². The molecule has 1 N–H and O–H groups in total. The van der Waals surface area contributed by atoms with E-state index >= 15 is 0 Å². The van der Waals surface area contributed by atoms with Gasteiger partial charge in [0.1, 0.15) is 5.69 Å². The molecule has 4 nitrogen and oxygen atoms in total. The lowest BCUT2D eigenvalue weighted by Gasteiger charge is -2.22.